The van der Waals surface area contributed by atoms with E-state index in [2.05, 4.69) is 22.3 Å². The standard InChI is InChI=1S/C11H14N2O/c1-8-10-7-9(3-2-6-14)4-5-11(10)13-12-8/h4-5,7,14H,2-3,6H2,1H3,(H,12,13). The molecule has 3 nitrogen and oxygen atoms in total. The summed E-state index contributed by atoms with van der Waals surface area (Å²) in [5, 5.41) is 17.0. The quantitative estimate of drug-likeness (QED) is 0.775. The highest BCUT2D eigenvalue weighted by atomic mass is 16.2. The Morgan fingerprint density at radius 2 is 2.29 bits per heavy atom. The van der Waals surface area contributed by atoms with Crippen molar-refractivity contribution in [1.29, 1.82) is 0 Å². The lowest BCUT2D eigenvalue weighted by Crippen LogP contribution is -1.88. The summed E-state index contributed by atoms with van der Waals surface area (Å²) in [4.78, 5) is 0. The van der Waals surface area contributed by atoms with Crippen molar-refractivity contribution in [1.82, 2.24) is 10.2 Å². The van der Waals surface area contributed by atoms with Crippen LogP contribution in [0.15, 0.2) is 18.2 Å². The molecule has 1 aromatic carbocycles. The molecule has 0 unspecified atom stereocenters. The topological polar surface area (TPSA) is 48.9 Å². The van der Waals surface area contributed by atoms with E-state index in [9.17, 15) is 0 Å². The number of fused-ring (bicyclic) bond motifs is 1. The van der Waals surface area contributed by atoms with E-state index in [0.29, 0.717) is 0 Å². The molecule has 1 aromatic heterocycles. The van der Waals surface area contributed by atoms with Crippen molar-refractivity contribution >= 4 is 10.9 Å². The van der Waals surface area contributed by atoms with Crippen molar-refractivity contribution in [3.63, 3.8) is 0 Å². The van der Waals surface area contributed by atoms with Crippen LogP contribution in [0.5, 0.6) is 0 Å². The van der Waals surface area contributed by atoms with Crippen molar-refractivity contribution in [3.8, 4) is 0 Å². The van der Waals surface area contributed by atoms with E-state index in [1.54, 1.807) is 0 Å². The summed E-state index contributed by atoms with van der Waals surface area (Å²) in [6.07, 6.45) is 1.75. The molecule has 2 N–H and O–H groups in total. The van der Waals surface area contributed by atoms with Gasteiger partial charge < -0.3 is 5.11 Å². The van der Waals surface area contributed by atoms with Crippen molar-refractivity contribution < 1.29 is 5.11 Å². The van der Waals surface area contributed by atoms with Crippen LogP contribution in [-0.4, -0.2) is 21.9 Å². The number of aliphatic hydroxyl groups excluding tert-OH is 1. The van der Waals surface area contributed by atoms with E-state index in [1.165, 1.54) is 10.9 Å². The average Bonchev–Trinajstić information content (AvgIpc) is 2.57. The molecule has 0 aliphatic carbocycles. The van der Waals surface area contributed by atoms with Crippen LogP contribution in [0.25, 0.3) is 10.9 Å². The molecule has 2 aromatic rings. The zero-order valence-corrected chi connectivity index (χ0v) is 8.25. The molecule has 0 aliphatic heterocycles. The third-order valence-corrected chi connectivity index (χ3v) is 2.44. The van der Waals surface area contributed by atoms with E-state index < -0.39 is 0 Å². The molecule has 0 spiro atoms. The summed E-state index contributed by atoms with van der Waals surface area (Å²) in [6.45, 7) is 2.25. The first-order valence-corrected chi connectivity index (χ1v) is 4.86. The van der Waals surface area contributed by atoms with Crippen molar-refractivity contribution in [2.75, 3.05) is 6.61 Å². The Balaban J connectivity index is 2.34. The van der Waals surface area contributed by atoms with Crippen LogP contribution in [0.2, 0.25) is 0 Å². The molecule has 3 heteroatoms. The first kappa shape index (κ1) is 9.21. The minimum Gasteiger partial charge on any atom is -0.396 e. The zero-order chi connectivity index (χ0) is 9.97. The molecule has 0 atom stereocenters. The van der Waals surface area contributed by atoms with Crippen molar-refractivity contribution in [2.45, 2.75) is 19.8 Å². The van der Waals surface area contributed by atoms with Crippen LogP contribution in [0.3, 0.4) is 0 Å². The second-order valence-corrected chi connectivity index (χ2v) is 3.52. The number of H-pyrrole nitrogens is 1. The van der Waals surface area contributed by atoms with E-state index in [0.717, 1.165) is 24.1 Å². The third kappa shape index (κ3) is 1.63. The molecule has 0 fully saturated rings. The monoisotopic (exact) mass is 190 g/mol. The molecule has 1 heterocycles. The largest absolute Gasteiger partial charge is 0.396 e. The van der Waals surface area contributed by atoms with Gasteiger partial charge in [0.2, 0.25) is 0 Å². The van der Waals surface area contributed by atoms with Crippen molar-refractivity contribution in [2.24, 2.45) is 0 Å². The van der Waals surface area contributed by atoms with Crippen LogP contribution in [0.1, 0.15) is 17.7 Å². The Labute approximate surface area is 82.8 Å². The summed E-state index contributed by atoms with van der Waals surface area (Å²) in [7, 11) is 0. The Hall–Kier alpha value is -1.35. The van der Waals surface area contributed by atoms with E-state index in [1.807, 2.05) is 13.0 Å². The first-order valence-electron chi connectivity index (χ1n) is 4.86. The van der Waals surface area contributed by atoms with Gasteiger partial charge in [0, 0.05) is 12.0 Å². The van der Waals surface area contributed by atoms with Gasteiger partial charge in [0.05, 0.1) is 11.2 Å². The summed E-state index contributed by atoms with van der Waals surface area (Å²) in [6, 6.07) is 6.27. The fourth-order valence-electron chi connectivity index (χ4n) is 1.63. The predicted molar refractivity (Wildman–Crippen MR) is 56.2 cm³/mol. The number of hydrogen-bond donors (Lipinski definition) is 2. The molecule has 0 saturated carbocycles. The normalized spacial score (nSPS) is 11.0. The highest BCUT2D eigenvalue weighted by Crippen LogP contribution is 2.17. The Kier molecular flexibility index (Phi) is 2.50. The van der Waals surface area contributed by atoms with E-state index >= 15 is 0 Å². The SMILES string of the molecule is Cc1n[nH]c2ccc(CCCO)cc12. The highest BCUT2D eigenvalue weighted by molar-refractivity contribution is 5.81. The molecule has 0 saturated heterocycles. The molecule has 2 rings (SSSR count). The second-order valence-electron chi connectivity index (χ2n) is 3.52. The number of rotatable bonds is 3. The van der Waals surface area contributed by atoms with E-state index in [-0.39, 0.29) is 6.61 Å². The predicted octanol–water partition coefficient (Wildman–Crippen LogP) is 1.80. The lowest BCUT2D eigenvalue weighted by atomic mass is 10.1. The minimum atomic E-state index is 0.252. The maximum atomic E-state index is 8.74. The molecule has 0 amide bonds. The number of hydrogen-bond acceptors (Lipinski definition) is 2. The molecule has 0 bridgehead atoms. The van der Waals surface area contributed by atoms with Gasteiger partial charge in [0.1, 0.15) is 0 Å². The average molecular weight is 190 g/mol. The van der Waals surface area contributed by atoms with Crippen LogP contribution < -0.4 is 0 Å². The first-order chi connectivity index (χ1) is 6.81. The van der Waals surface area contributed by atoms with Gasteiger partial charge in [-0.2, -0.15) is 5.10 Å². The highest BCUT2D eigenvalue weighted by Gasteiger charge is 2.01. The lowest BCUT2D eigenvalue weighted by molar-refractivity contribution is 0.288. The molecule has 14 heavy (non-hydrogen) atoms. The number of aromatic nitrogens is 2. The number of aryl methyl sites for hydroxylation is 2. The van der Waals surface area contributed by atoms with Gasteiger partial charge in [-0.15, -0.1) is 0 Å². The van der Waals surface area contributed by atoms with E-state index in [4.69, 9.17) is 5.11 Å². The smallest absolute Gasteiger partial charge is 0.0670 e. The molecule has 0 aliphatic rings. The number of nitrogens with one attached hydrogen (secondary N) is 1. The third-order valence-electron chi connectivity index (χ3n) is 2.44. The Morgan fingerprint density at radius 3 is 3.07 bits per heavy atom. The van der Waals surface area contributed by atoms with Gasteiger partial charge in [-0.3, -0.25) is 5.10 Å². The lowest BCUT2D eigenvalue weighted by Gasteiger charge is -1.99. The second kappa shape index (κ2) is 3.80. The van der Waals surface area contributed by atoms with Gasteiger partial charge >= 0.3 is 0 Å². The zero-order valence-electron chi connectivity index (χ0n) is 8.25. The number of aromatic amines is 1. The summed E-state index contributed by atoms with van der Waals surface area (Å²) in [5.41, 5.74) is 3.37. The molecule has 0 radical (unpaired) electrons. The Morgan fingerprint density at radius 1 is 1.43 bits per heavy atom. The Bertz CT molecular complexity index is 434. The maximum absolute atomic E-state index is 8.74. The number of aliphatic hydroxyl groups is 1. The van der Waals surface area contributed by atoms with Gasteiger partial charge in [-0.25, -0.2) is 0 Å². The van der Waals surface area contributed by atoms with Crippen LogP contribution in [0, 0.1) is 6.92 Å². The molecular formula is C11H14N2O. The van der Waals surface area contributed by atoms with Gasteiger partial charge in [0.15, 0.2) is 0 Å². The minimum absolute atomic E-state index is 0.252. The van der Waals surface area contributed by atoms with Crippen LogP contribution >= 0.6 is 0 Å². The van der Waals surface area contributed by atoms with Crippen LogP contribution in [-0.2, 0) is 6.42 Å². The molecular weight excluding hydrogens is 176 g/mol. The number of nitrogens with zero attached hydrogens (tertiary/aromatic N) is 1. The summed E-state index contributed by atoms with van der Waals surface area (Å²) in [5.74, 6) is 0. The van der Waals surface area contributed by atoms with Gasteiger partial charge in [-0.1, -0.05) is 6.07 Å². The number of benzene rings is 1. The van der Waals surface area contributed by atoms with Crippen LogP contribution in [0.4, 0.5) is 0 Å². The van der Waals surface area contributed by atoms with Gasteiger partial charge in [-0.05, 0) is 37.5 Å². The van der Waals surface area contributed by atoms with Crippen molar-refractivity contribution in [3.05, 3.63) is 29.5 Å². The van der Waals surface area contributed by atoms with Gasteiger partial charge in [0.25, 0.3) is 0 Å². The summed E-state index contributed by atoms with van der Waals surface area (Å²) < 4.78 is 0. The maximum Gasteiger partial charge on any atom is 0.0670 e. The summed E-state index contributed by atoms with van der Waals surface area (Å²) >= 11 is 0. The fraction of sp³-hybridized carbons (Fsp3) is 0.364. The fourth-order valence-corrected chi connectivity index (χ4v) is 1.63. The molecule has 74 valence electrons.